The van der Waals surface area contributed by atoms with Crippen molar-refractivity contribution in [3.05, 3.63) is 144 Å². The number of rotatable bonds is 4. The molecule has 5 nitrogen and oxygen atoms in total. The molecule has 0 aliphatic carbocycles. The standard InChI is InChI=1S/C31H28O5P/c1-29(2)33-27-28(34-29)31(25-19-11-5-12-20-25,26-21-13-6-14-22-26)36-37(32)35-30(27,23-15-7-3-8-16-23)24-17-9-4-10-18-24/h3-22,27-28H,1-2H3/q+1/t27-,28-/m1/s1. The molecule has 2 aliphatic heterocycles. The Bertz CT molecular complexity index is 1190. The summed E-state index contributed by atoms with van der Waals surface area (Å²) >= 11 is 0. The van der Waals surface area contributed by atoms with E-state index in [0.717, 1.165) is 22.3 Å². The minimum Gasteiger partial charge on any atom is -0.340 e. The fourth-order valence-corrected chi connectivity index (χ4v) is 6.79. The van der Waals surface area contributed by atoms with Gasteiger partial charge in [-0.1, -0.05) is 130 Å². The third kappa shape index (κ3) is 3.95. The minimum absolute atomic E-state index is 0.714. The van der Waals surface area contributed by atoms with Crippen molar-refractivity contribution in [2.45, 2.75) is 43.0 Å². The van der Waals surface area contributed by atoms with Gasteiger partial charge in [0.15, 0.2) is 5.79 Å². The summed E-state index contributed by atoms with van der Waals surface area (Å²) in [4.78, 5) is 0. The van der Waals surface area contributed by atoms with E-state index in [4.69, 9.17) is 18.5 Å². The van der Waals surface area contributed by atoms with E-state index in [1.807, 2.05) is 135 Å². The van der Waals surface area contributed by atoms with Crippen molar-refractivity contribution in [3.63, 3.8) is 0 Å². The number of hydrogen-bond donors (Lipinski definition) is 0. The van der Waals surface area contributed by atoms with Crippen LogP contribution < -0.4 is 0 Å². The van der Waals surface area contributed by atoms with Crippen LogP contribution in [0.4, 0.5) is 0 Å². The summed E-state index contributed by atoms with van der Waals surface area (Å²) in [6.07, 6.45) is -1.43. The topological polar surface area (TPSA) is 54.0 Å². The maximum atomic E-state index is 14.0. The first-order chi connectivity index (χ1) is 18.0. The first-order valence-corrected chi connectivity index (χ1v) is 13.5. The Morgan fingerprint density at radius 3 is 1.05 bits per heavy atom. The molecule has 0 spiro atoms. The van der Waals surface area contributed by atoms with Crippen molar-refractivity contribution in [3.8, 4) is 0 Å². The molecular weight excluding hydrogens is 483 g/mol. The second-order valence-corrected chi connectivity index (χ2v) is 10.6. The van der Waals surface area contributed by atoms with Crippen LogP contribution in [0.3, 0.4) is 0 Å². The molecule has 0 bridgehead atoms. The van der Waals surface area contributed by atoms with Gasteiger partial charge in [-0.15, -0.1) is 0 Å². The van der Waals surface area contributed by atoms with E-state index < -0.39 is 37.5 Å². The van der Waals surface area contributed by atoms with Gasteiger partial charge in [-0.25, -0.2) is 0 Å². The average molecular weight is 512 g/mol. The van der Waals surface area contributed by atoms with E-state index in [9.17, 15) is 4.57 Å². The highest BCUT2D eigenvalue weighted by molar-refractivity contribution is 7.33. The zero-order chi connectivity index (χ0) is 25.5. The molecule has 0 saturated carbocycles. The molecule has 2 aliphatic rings. The van der Waals surface area contributed by atoms with E-state index in [1.165, 1.54) is 0 Å². The van der Waals surface area contributed by atoms with Crippen LogP contribution >= 0.6 is 8.25 Å². The molecule has 0 unspecified atom stereocenters. The van der Waals surface area contributed by atoms with E-state index in [-0.39, 0.29) is 0 Å². The van der Waals surface area contributed by atoms with Crippen molar-refractivity contribution in [2.24, 2.45) is 0 Å². The van der Waals surface area contributed by atoms with Crippen LogP contribution in [-0.4, -0.2) is 18.0 Å². The molecule has 0 radical (unpaired) electrons. The fraction of sp³-hybridized carbons (Fsp3) is 0.226. The van der Waals surface area contributed by atoms with Gasteiger partial charge in [-0.3, -0.25) is 0 Å². The second-order valence-electron chi connectivity index (χ2n) is 9.82. The molecule has 2 atom stereocenters. The van der Waals surface area contributed by atoms with Crippen molar-refractivity contribution < 1.29 is 23.1 Å². The Balaban J connectivity index is 1.69. The SMILES string of the molecule is CC1(C)O[C@@H]2[C@@H](O1)C(c1ccccc1)(c1ccccc1)O[P+](=O)OC2(c1ccccc1)c1ccccc1. The molecule has 186 valence electrons. The Morgan fingerprint density at radius 2 is 0.784 bits per heavy atom. The lowest BCUT2D eigenvalue weighted by Crippen LogP contribution is -2.53. The molecule has 37 heavy (non-hydrogen) atoms. The molecule has 0 N–H and O–H groups in total. The Kier molecular flexibility index (Phi) is 6.07. The quantitative estimate of drug-likeness (QED) is 0.274. The molecule has 0 amide bonds. The van der Waals surface area contributed by atoms with Gasteiger partial charge in [0.05, 0.1) is 0 Å². The van der Waals surface area contributed by atoms with Crippen LogP contribution in [-0.2, 0) is 34.3 Å². The van der Waals surface area contributed by atoms with Crippen LogP contribution in [0.1, 0.15) is 36.1 Å². The Hall–Kier alpha value is -3.18. The summed E-state index contributed by atoms with van der Waals surface area (Å²) in [5, 5.41) is 0. The molecule has 6 heteroatoms. The first kappa shape index (κ1) is 24.2. The van der Waals surface area contributed by atoms with Crippen molar-refractivity contribution in [1.82, 2.24) is 0 Å². The minimum atomic E-state index is -2.65. The van der Waals surface area contributed by atoms with E-state index in [0.29, 0.717) is 0 Å². The highest BCUT2D eigenvalue weighted by Gasteiger charge is 2.71. The summed E-state index contributed by atoms with van der Waals surface area (Å²) in [6, 6.07) is 39.1. The molecule has 2 fully saturated rings. The molecule has 2 heterocycles. The first-order valence-electron chi connectivity index (χ1n) is 12.4. The van der Waals surface area contributed by atoms with Gasteiger partial charge in [0.25, 0.3) is 0 Å². The lowest BCUT2D eigenvalue weighted by atomic mass is 9.72. The predicted molar refractivity (Wildman–Crippen MR) is 141 cm³/mol. The number of fused-ring (bicyclic) bond motifs is 1. The third-order valence-electron chi connectivity index (χ3n) is 7.15. The predicted octanol–water partition coefficient (Wildman–Crippen LogP) is 7.10. The number of hydrogen-bond acceptors (Lipinski definition) is 5. The fourth-order valence-electron chi connectivity index (χ4n) is 5.66. The van der Waals surface area contributed by atoms with Gasteiger partial charge >= 0.3 is 8.25 Å². The van der Waals surface area contributed by atoms with Crippen molar-refractivity contribution in [2.75, 3.05) is 0 Å². The van der Waals surface area contributed by atoms with Crippen molar-refractivity contribution >= 4 is 8.25 Å². The molecule has 4 aromatic carbocycles. The van der Waals surface area contributed by atoms with E-state index in [1.54, 1.807) is 0 Å². The van der Waals surface area contributed by atoms with Crippen LogP contribution in [0, 0.1) is 0 Å². The summed E-state index contributed by atoms with van der Waals surface area (Å²) < 4.78 is 40.6. The molecule has 6 rings (SSSR count). The largest absolute Gasteiger partial charge is 0.700 e. The van der Waals surface area contributed by atoms with Crippen molar-refractivity contribution in [1.29, 1.82) is 0 Å². The number of ether oxygens (including phenoxy) is 2. The van der Waals surface area contributed by atoms with Crippen LogP contribution in [0.5, 0.6) is 0 Å². The van der Waals surface area contributed by atoms with Gasteiger partial charge in [0.1, 0.15) is 12.2 Å². The van der Waals surface area contributed by atoms with Gasteiger partial charge in [-0.2, -0.15) is 0 Å². The van der Waals surface area contributed by atoms with Gasteiger partial charge in [0.2, 0.25) is 11.2 Å². The lowest BCUT2D eigenvalue weighted by Gasteiger charge is -2.38. The number of benzene rings is 4. The lowest BCUT2D eigenvalue weighted by molar-refractivity contribution is -0.174. The molecule has 2 saturated heterocycles. The average Bonchev–Trinajstić information content (AvgIpc) is 3.23. The summed E-state index contributed by atoms with van der Waals surface area (Å²) in [7, 11) is -2.65. The molecular formula is C31H28O5P+. The maximum Gasteiger partial charge on any atom is 0.700 e. The monoisotopic (exact) mass is 511 g/mol. The summed E-state index contributed by atoms with van der Waals surface area (Å²) in [5.41, 5.74) is 0.699. The second kappa shape index (κ2) is 9.29. The Morgan fingerprint density at radius 1 is 0.514 bits per heavy atom. The highest BCUT2D eigenvalue weighted by atomic mass is 31.1. The highest BCUT2D eigenvalue weighted by Crippen LogP contribution is 2.61. The molecule has 4 aromatic rings. The zero-order valence-electron chi connectivity index (χ0n) is 20.7. The summed E-state index contributed by atoms with van der Waals surface area (Å²) in [6.45, 7) is 3.78. The Labute approximate surface area is 217 Å². The normalized spacial score (nSPS) is 23.7. The van der Waals surface area contributed by atoms with Gasteiger partial charge in [0, 0.05) is 4.57 Å². The van der Waals surface area contributed by atoms with Crippen LogP contribution in [0.25, 0.3) is 0 Å². The third-order valence-corrected chi connectivity index (χ3v) is 8.02. The molecule has 0 aromatic heterocycles. The van der Waals surface area contributed by atoms with Crippen LogP contribution in [0.2, 0.25) is 0 Å². The smallest absolute Gasteiger partial charge is 0.340 e. The summed E-state index contributed by atoms with van der Waals surface area (Å²) in [5.74, 6) is -0.964. The van der Waals surface area contributed by atoms with Gasteiger partial charge < -0.3 is 9.47 Å². The zero-order valence-corrected chi connectivity index (χ0v) is 21.6. The van der Waals surface area contributed by atoms with E-state index >= 15 is 0 Å². The van der Waals surface area contributed by atoms with E-state index in [2.05, 4.69) is 0 Å². The van der Waals surface area contributed by atoms with Gasteiger partial charge in [-0.05, 0) is 36.1 Å². The maximum absolute atomic E-state index is 14.0. The van der Waals surface area contributed by atoms with Crippen LogP contribution in [0.15, 0.2) is 121 Å².